The summed E-state index contributed by atoms with van der Waals surface area (Å²) in [6.45, 7) is 0.232. The third-order valence-corrected chi connectivity index (χ3v) is 5.29. The van der Waals surface area contributed by atoms with E-state index < -0.39 is 5.60 Å². The number of carbonyl (C=O) groups excluding carboxylic acids is 1. The van der Waals surface area contributed by atoms with Crippen LogP contribution < -0.4 is 14.8 Å². The molecule has 4 rings (SSSR count). The molecule has 27 heavy (non-hydrogen) atoms. The second-order valence-corrected chi connectivity index (χ2v) is 6.96. The normalized spacial score (nSPS) is 15.0. The van der Waals surface area contributed by atoms with Crippen molar-refractivity contribution in [1.82, 2.24) is 5.32 Å². The van der Waals surface area contributed by atoms with Crippen molar-refractivity contribution in [3.63, 3.8) is 0 Å². The molecule has 0 saturated carbocycles. The number of fused-ring (bicyclic) bond motifs is 1. The SMILES string of the molecule is O=C(/C=C/c1ccc2c(c1)OCO2)NC[C@](O)(c1ccoc1)c1cccs1. The molecule has 0 spiro atoms. The Balaban J connectivity index is 1.44. The Hall–Kier alpha value is -3.03. The maximum atomic E-state index is 12.3. The molecule has 7 heteroatoms. The lowest BCUT2D eigenvalue weighted by Gasteiger charge is -2.26. The Morgan fingerprint density at radius 2 is 2.15 bits per heavy atom. The largest absolute Gasteiger partial charge is 0.472 e. The average molecular weight is 383 g/mol. The smallest absolute Gasteiger partial charge is 0.244 e. The fraction of sp³-hybridized carbons (Fsp3) is 0.150. The molecule has 0 bridgehead atoms. The Kier molecular flexibility index (Phi) is 4.70. The summed E-state index contributed by atoms with van der Waals surface area (Å²) in [5.41, 5.74) is 0.0615. The van der Waals surface area contributed by atoms with E-state index in [2.05, 4.69) is 5.32 Å². The average Bonchev–Trinajstić information content (AvgIpc) is 3.45. The minimum Gasteiger partial charge on any atom is -0.472 e. The predicted octanol–water partition coefficient (Wildman–Crippen LogP) is 3.14. The van der Waals surface area contributed by atoms with Crippen LogP contribution in [0.25, 0.3) is 6.08 Å². The molecule has 0 saturated heterocycles. The predicted molar refractivity (Wildman–Crippen MR) is 101 cm³/mol. The number of benzene rings is 1. The summed E-state index contributed by atoms with van der Waals surface area (Å²) in [7, 11) is 0. The number of thiophene rings is 1. The van der Waals surface area contributed by atoms with Crippen molar-refractivity contribution in [2.75, 3.05) is 13.3 Å². The van der Waals surface area contributed by atoms with E-state index >= 15 is 0 Å². The number of aliphatic hydroxyl groups is 1. The molecule has 0 radical (unpaired) electrons. The van der Waals surface area contributed by atoms with E-state index in [4.69, 9.17) is 13.9 Å². The molecule has 1 aliphatic rings. The number of ether oxygens (including phenoxy) is 2. The maximum absolute atomic E-state index is 12.3. The van der Waals surface area contributed by atoms with Gasteiger partial charge in [0.05, 0.1) is 19.1 Å². The number of amides is 1. The molecule has 3 aromatic rings. The lowest BCUT2D eigenvalue weighted by Crippen LogP contribution is -2.40. The van der Waals surface area contributed by atoms with Crippen LogP contribution in [0, 0.1) is 0 Å². The summed E-state index contributed by atoms with van der Waals surface area (Å²) in [4.78, 5) is 13.0. The van der Waals surface area contributed by atoms with E-state index in [0.29, 0.717) is 17.1 Å². The van der Waals surface area contributed by atoms with Crippen LogP contribution in [0.15, 0.2) is 64.8 Å². The monoisotopic (exact) mass is 383 g/mol. The molecule has 0 fully saturated rings. The number of hydrogen-bond acceptors (Lipinski definition) is 6. The Morgan fingerprint density at radius 3 is 2.93 bits per heavy atom. The minimum atomic E-state index is -1.34. The Bertz CT molecular complexity index is 913. The van der Waals surface area contributed by atoms with Gasteiger partial charge in [-0.1, -0.05) is 12.1 Å². The van der Waals surface area contributed by atoms with Crippen LogP contribution in [0.5, 0.6) is 11.5 Å². The number of nitrogens with one attached hydrogen (secondary N) is 1. The summed E-state index contributed by atoms with van der Waals surface area (Å²) in [5, 5.41) is 15.8. The molecule has 2 aromatic heterocycles. The Morgan fingerprint density at radius 1 is 1.26 bits per heavy atom. The quantitative estimate of drug-likeness (QED) is 0.639. The molecule has 0 unspecified atom stereocenters. The highest BCUT2D eigenvalue weighted by Gasteiger charge is 2.34. The molecule has 3 heterocycles. The van der Waals surface area contributed by atoms with Gasteiger partial charge in [0.25, 0.3) is 0 Å². The van der Waals surface area contributed by atoms with Crippen molar-refractivity contribution in [3.05, 3.63) is 76.4 Å². The standard InChI is InChI=1S/C20H17NO5S/c22-19(6-4-14-3-5-16-17(10-14)26-13-25-16)21-12-20(23,15-7-8-24-11-15)18-2-1-9-27-18/h1-11,23H,12-13H2,(H,21,22)/b6-4+/t20-/m0/s1. The second-order valence-electron chi connectivity index (χ2n) is 6.01. The summed E-state index contributed by atoms with van der Waals surface area (Å²) in [6.07, 6.45) is 6.07. The first-order valence-corrected chi connectivity index (χ1v) is 9.18. The van der Waals surface area contributed by atoms with Gasteiger partial charge in [-0.3, -0.25) is 4.79 Å². The van der Waals surface area contributed by atoms with Gasteiger partial charge in [0.1, 0.15) is 5.60 Å². The van der Waals surface area contributed by atoms with E-state index in [0.717, 1.165) is 10.4 Å². The van der Waals surface area contributed by atoms with E-state index in [9.17, 15) is 9.90 Å². The molecule has 1 amide bonds. The van der Waals surface area contributed by atoms with Gasteiger partial charge in [-0.05, 0) is 41.3 Å². The molecule has 0 aliphatic carbocycles. The van der Waals surface area contributed by atoms with Gasteiger partial charge in [-0.15, -0.1) is 11.3 Å². The number of furan rings is 1. The molecule has 6 nitrogen and oxygen atoms in total. The van der Waals surface area contributed by atoms with Crippen LogP contribution in [-0.2, 0) is 10.4 Å². The van der Waals surface area contributed by atoms with Crippen molar-refractivity contribution in [2.45, 2.75) is 5.60 Å². The molecule has 1 aromatic carbocycles. The van der Waals surface area contributed by atoms with Crippen molar-refractivity contribution in [3.8, 4) is 11.5 Å². The van der Waals surface area contributed by atoms with Crippen LogP contribution in [-0.4, -0.2) is 24.4 Å². The summed E-state index contributed by atoms with van der Waals surface area (Å²) in [6, 6.07) is 10.8. The Labute approximate surface area is 159 Å². The van der Waals surface area contributed by atoms with Crippen molar-refractivity contribution in [1.29, 1.82) is 0 Å². The zero-order valence-electron chi connectivity index (χ0n) is 14.3. The van der Waals surface area contributed by atoms with Crippen molar-refractivity contribution < 1.29 is 23.8 Å². The molecular weight excluding hydrogens is 366 g/mol. The van der Waals surface area contributed by atoms with Crippen molar-refractivity contribution in [2.24, 2.45) is 0 Å². The fourth-order valence-electron chi connectivity index (χ4n) is 2.81. The van der Waals surface area contributed by atoms with Crippen LogP contribution in [0.1, 0.15) is 16.0 Å². The minimum absolute atomic E-state index is 0.0252. The first-order valence-electron chi connectivity index (χ1n) is 8.30. The number of rotatable bonds is 6. The summed E-state index contributed by atoms with van der Waals surface area (Å²) < 4.78 is 15.7. The van der Waals surface area contributed by atoms with Gasteiger partial charge < -0.3 is 24.3 Å². The van der Waals surface area contributed by atoms with Gasteiger partial charge in [0, 0.05) is 16.5 Å². The van der Waals surface area contributed by atoms with Gasteiger partial charge in [0.2, 0.25) is 12.7 Å². The van der Waals surface area contributed by atoms with Crippen LogP contribution in [0.2, 0.25) is 0 Å². The summed E-state index contributed by atoms with van der Waals surface area (Å²) in [5.74, 6) is 1.04. The van der Waals surface area contributed by atoms with Crippen LogP contribution in [0.3, 0.4) is 0 Å². The van der Waals surface area contributed by atoms with E-state index in [-0.39, 0.29) is 19.2 Å². The molecule has 1 atom stereocenters. The van der Waals surface area contributed by atoms with Gasteiger partial charge >= 0.3 is 0 Å². The van der Waals surface area contributed by atoms with Crippen molar-refractivity contribution >= 4 is 23.3 Å². The maximum Gasteiger partial charge on any atom is 0.244 e. The van der Waals surface area contributed by atoms with Gasteiger partial charge in [0.15, 0.2) is 11.5 Å². The first kappa shape index (κ1) is 17.4. The van der Waals surface area contributed by atoms with E-state index in [1.165, 1.54) is 29.9 Å². The number of carbonyl (C=O) groups is 1. The zero-order chi connectivity index (χ0) is 18.7. The van der Waals surface area contributed by atoms with Gasteiger partial charge in [-0.25, -0.2) is 0 Å². The van der Waals surface area contributed by atoms with E-state index in [1.54, 1.807) is 24.3 Å². The highest BCUT2D eigenvalue weighted by molar-refractivity contribution is 7.10. The molecule has 1 aliphatic heterocycles. The van der Waals surface area contributed by atoms with Crippen LogP contribution >= 0.6 is 11.3 Å². The lowest BCUT2D eigenvalue weighted by molar-refractivity contribution is -0.117. The van der Waals surface area contributed by atoms with E-state index in [1.807, 2.05) is 23.6 Å². The first-order chi connectivity index (χ1) is 13.1. The molecular formula is C20H17NO5S. The topological polar surface area (TPSA) is 80.9 Å². The van der Waals surface area contributed by atoms with Gasteiger partial charge in [-0.2, -0.15) is 0 Å². The highest BCUT2D eigenvalue weighted by Crippen LogP contribution is 2.33. The second kappa shape index (κ2) is 7.30. The zero-order valence-corrected chi connectivity index (χ0v) is 15.1. The lowest BCUT2D eigenvalue weighted by atomic mass is 9.94. The third kappa shape index (κ3) is 3.60. The third-order valence-electron chi connectivity index (χ3n) is 4.27. The molecule has 138 valence electrons. The fourth-order valence-corrected chi connectivity index (χ4v) is 3.65. The number of hydrogen-bond donors (Lipinski definition) is 2. The summed E-state index contributed by atoms with van der Waals surface area (Å²) >= 11 is 1.41. The highest BCUT2D eigenvalue weighted by atomic mass is 32.1. The molecule has 2 N–H and O–H groups in total. The van der Waals surface area contributed by atoms with Crippen LogP contribution in [0.4, 0.5) is 0 Å².